The van der Waals surface area contributed by atoms with Crippen molar-refractivity contribution in [3.05, 3.63) is 59.7 Å². The first-order chi connectivity index (χ1) is 13.5. The van der Waals surface area contributed by atoms with Crippen molar-refractivity contribution in [2.75, 3.05) is 4.90 Å². The number of nitrogens with one attached hydrogen (secondary N) is 1. The Balaban J connectivity index is 1.77. The number of carbonyl (C=O) groups is 2. The summed E-state index contributed by atoms with van der Waals surface area (Å²) in [6, 6.07) is 15.2. The van der Waals surface area contributed by atoms with Crippen molar-refractivity contribution in [3.8, 4) is 0 Å². The van der Waals surface area contributed by atoms with Crippen LogP contribution in [0, 0.1) is 12.8 Å². The first-order valence-corrected chi connectivity index (χ1v) is 9.79. The van der Waals surface area contributed by atoms with Crippen molar-refractivity contribution in [3.63, 3.8) is 0 Å². The van der Waals surface area contributed by atoms with E-state index < -0.39 is 17.7 Å². The van der Waals surface area contributed by atoms with E-state index in [1.165, 1.54) is 16.7 Å². The van der Waals surface area contributed by atoms with E-state index in [2.05, 4.69) is 17.2 Å². The standard InChI is InChI=1S/C22H23N3O2S/c1-3-4-5-16-8-10-17(11-9-16)23-14-19-20(26)24-22(28)25(21(19)27)18-12-6-15(2)7-13-18/h6-14,19H,3-5H2,1-2H3,(H,24,26,28)/t19-/m1/s1. The number of rotatable bonds is 6. The van der Waals surface area contributed by atoms with Crippen LogP contribution in [-0.2, 0) is 16.0 Å². The van der Waals surface area contributed by atoms with Crippen LogP contribution in [0.4, 0.5) is 11.4 Å². The monoisotopic (exact) mass is 393 g/mol. The van der Waals surface area contributed by atoms with Gasteiger partial charge in [-0.3, -0.25) is 19.5 Å². The van der Waals surface area contributed by atoms with Crippen LogP contribution >= 0.6 is 12.2 Å². The Morgan fingerprint density at radius 3 is 2.43 bits per heavy atom. The minimum absolute atomic E-state index is 0.0868. The molecule has 0 radical (unpaired) electrons. The Morgan fingerprint density at radius 1 is 1.11 bits per heavy atom. The molecule has 1 heterocycles. The maximum absolute atomic E-state index is 12.9. The summed E-state index contributed by atoms with van der Waals surface area (Å²) in [6.45, 7) is 4.13. The number of hydrogen-bond donors (Lipinski definition) is 1. The number of thiocarbonyl (C=S) groups is 1. The zero-order valence-electron chi connectivity index (χ0n) is 16.0. The molecule has 2 amide bonds. The van der Waals surface area contributed by atoms with Gasteiger partial charge in [0.15, 0.2) is 11.0 Å². The van der Waals surface area contributed by atoms with Crippen LogP contribution in [-0.4, -0.2) is 23.1 Å². The average molecular weight is 394 g/mol. The largest absolute Gasteiger partial charge is 0.301 e. The molecule has 2 aromatic rings. The summed E-state index contributed by atoms with van der Waals surface area (Å²) in [4.78, 5) is 30.9. The number of amides is 2. The predicted octanol–water partition coefficient (Wildman–Crippen LogP) is 4.10. The molecule has 0 aromatic heterocycles. The van der Waals surface area contributed by atoms with Crippen LogP contribution < -0.4 is 10.2 Å². The molecular formula is C22H23N3O2S. The fraction of sp³-hybridized carbons (Fsp3) is 0.273. The van der Waals surface area contributed by atoms with Gasteiger partial charge in [0, 0.05) is 6.21 Å². The third-order valence-corrected chi connectivity index (χ3v) is 4.91. The van der Waals surface area contributed by atoms with Crippen molar-refractivity contribution in [2.45, 2.75) is 33.1 Å². The summed E-state index contributed by atoms with van der Waals surface area (Å²) in [5.41, 5.74) is 3.65. The van der Waals surface area contributed by atoms with Gasteiger partial charge in [0.05, 0.1) is 11.4 Å². The fourth-order valence-corrected chi connectivity index (χ4v) is 3.25. The molecule has 0 aliphatic carbocycles. The van der Waals surface area contributed by atoms with Gasteiger partial charge in [-0.2, -0.15) is 0 Å². The minimum atomic E-state index is -1.02. The summed E-state index contributed by atoms with van der Waals surface area (Å²) in [7, 11) is 0. The van der Waals surface area contributed by atoms with Crippen LogP contribution in [0.15, 0.2) is 53.5 Å². The van der Waals surface area contributed by atoms with E-state index in [-0.39, 0.29) is 5.11 Å². The van der Waals surface area contributed by atoms with E-state index in [4.69, 9.17) is 12.2 Å². The lowest BCUT2D eigenvalue weighted by Gasteiger charge is -2.30. The number of aliphatic imine (C=N–C) groups is 1. The Kier molecular flexibility index (Phi) is 6.31. The molecule has 5 nitrogen and oxygen atoms in total. The maximum atomic E-state index is 12.9. The molecule has 3 rings (SSSR count). The summed E-state index contributed by atoms with van der Waals surface area (Å²) in [6.07, 6.45) is 4.72. The number of benzene rings is 2. The summed E-state index contributed by atoms with van der Waals surface area (Å²) >= 11 is 5.20. The molecule has 2 aromatic carbocycles. The molecule has 1 aliphatic heterocycles. The molecule has 0 unspecified atom stereocenters. The Labute approximate surface area is 170 Å². The summed E-state index contributed by atoms with van der Waals surface area (Å²) in [5, 5.41) is 2.68. The number of unbranched alkanes of at least 4 members (excludes halogenated alkanes) is 1. The van der Waals surface area contributed by atoms with Crippen molar-refractivity contribution in [1.82, 2.24) is 5.32 Å². The third-order valence-electron chi connectivity index (χ3n) is 4.62. The van der Waals surface area contributed by atoms with Crippen LogP contribution in [0.1, 0.15) is 30.9 Å². The Morgan fingerprint density at radius 2 is 1.79 bits per heavy atom. The van der Waals surface area contributed by atoms with Crippen molar-refractivity contribution in [2.24, 2.45) is 10.9 Å². The lowest BCUT2D eigenvalue weighted by atomic mass is 10.1. The van der Waals surface area contributed by atoms with Gasteiger partial charge in [0.25, 0.3) is 5.91 Å². The molecule has 6 heteroatoms. The average Bonchev–Trinajstić information content (AvgIpc) is 2.68. The highest BCUT2D eigenvalue weighted by Crippen LogP contribution is 2.22. The smallest absolute Gasteiger partial charge is 0.251 e. The van der Waals surface area contributed by atoms with E-state index in [9.17, 15) is 9.59 Å². The van der Waals surface area contributed by atoms with E-state index >= 15 is 0 Å². The highest BCUT2D eigenvalue weighted by atomic mass is 32.1. The number of aryl methyl sites for hydroxylation is 2. The minimum Gasteiger partial charge on any atom is -0.301 e. The van der Waals surface area contributed by atoms with Gasteiger partial charge < -0.3 is 5.32 Å². The molecule has 1 fully saturated rings. The predicted molar refractivity (Wildman–Crippen MR) is 116 cm³/mol. The van der Waals surface area contributed by atoms with Crippen LogP contribution in [0.3, 0.4) is 0 Å². The van der Waals surface area contributed by atoms with Crippen molar-refractivity contribution < 1.29 is 9.59 Å². The molecule has 0 spiro atoms. The number of anilines is 1. The number of hydrogen-bond acceptors (Lipinski definition) is 4. The Hall–Kier alpha value is -2.86. The van der Waals surface area contributed by atoms with Gasteiger partial charge in [-0.15, -0.1) is 0 Å². The SMILES string of the molecule is CCCCc1ccc(N=C[C@@H]2C(=O)NC(=S)N(c3ccc(C)cc3)C2=O)cc1. The Bertz CT molecular complexity index is 904. The lowest BCUT2D eigenvalue weighted by Crippen LogP contribution is -2.58. The molecule has 1 atom stereocenters. The molecule has 1 aliphatic rings. The van der Waals surface area contributed by atoms with Gasteiger partial charge in [0.1, 0.15) is 0 Å². The topological polar surface area (TPSA) is 61.8 Å². The van der Waals surface area contributed by atoms with E-state index in [1.807, 2.05) is 43.3 Å². The van der Waals surface area contributed by atoms with Crippen molar-refractivity contribution >= 4 is 46.7 Å². The van der Waals surface area contributed by atoms with Crippen LogP contribution in [0.5, 0.6) is 0 Å². The molecule has 144 valence electrons. The first-order valence-electron chi connectivity index (χ1n) is 9.38. The quantitative estimate of drug-likeness (QED) is 0.456. The summed E-state index contributed by atoms with van der Waals surface area (Å²) < 4.78 is 0. The molecule has 1 N–H and O–H groups in total. The van der Waals surface area contributed by atoms with E-state index in [0.717, 1.165) is 24.8 Å². The second-order valence-electron chi connectivity index (χ2n) is 6.83. The van der Waals surface area contributed by atoms with Crippen LogP contribution in [0.25, 0.3) is 0 Å². The molecule has 1 saturated heterocycles. The van der Waals surface area contributed by atoms with E-state index in [0.29, 0.717) is 11.4 Å². The molecule has 28 heavy (non-hydrogen) atoms. The van der Waals surface area contributed by atoms with E-state index in [1.54, 1.807) is 12.1 Å². The van der Waals surface area contributed by atoms with Gasteiger partial charge in [0.2, 0.25) is 5.91 Å². The summed E-state index contributed by atoms with van der Waals surface area (Å²) in [5.74, 6) is -1.88. The number of nitrogens with zero attached hydrogens (tertiary/aromatic N) is 2. The fourth-order valence-electron chi connectivity index (χ4n) is 2.95. The van der Waals surface area contributed by atoms with Crippen LogP contribution in [0.2, 0.25) is 0 Å². The second kappa shape index (κ2) is 8.89. The zero-order chi connectivity index (χ0) is 20.1. The molecular weight excluding hydrogens is 370 g/mol. The van der Waals surface area contributed by atoms with Gasteiger partial charge in [-0.25, -0.2) is 0 Å². The first kappa shape index (κ1) is 19.9. The highest BCUT2D eigenvalue weighted by Gasteiger charge is 2.38. The van der Waals surface area contributed by atoms with Gasteiger partial charge in [-0.1, -0.05) is 43.2 Å². The maximum Gasteiger partial charge on any atom is 0.251 e. The normalized spacial score (nSPS) is 17.3. The molecule has 0 saturated carbocycles. The van der Waals surface area contributed by atoms with Crippen molar-refractivity contribution in [1.29, 1.82) is 0 Å². The second-order valence-corrected chi connectivity index (χ2v) is 7.22. The van der Waals surface area contributed by atoms with Gasteiger partial charge >= 0.3 is 0 Å². The highest BCUT2D eigenvalue weighted by molar-refractivity contribution is 7.80. The lowest BCUT2D eigenvalue weighted by molar-refractivity contribution is -0.130. The molecule has 0 bridgehead atoms. The van der Waals surface area contributed by atoms with Gasteiger partial charge in [-0.05, 0) is 61.8 Å². The number of carbonyl (C=O) groups excluding carboxylic acids is 2. The third kappa shape index (κ3) is 4.51. The zero-order valence-corrected chi connectivity index (χ0v) is 16.8.